The van der Waals surface area contributed by atoms with E-state index >= 15 is 0 Å². The molecule has 0 bridgehead atoms. The molecule has 1 aromatic rings. The lowest BCUT2D eigenvalue weighted by atomic mass is 10.1. The van der Waals surface area contributed by atoms with E-state index in [1.807, 2.05) is 0 Å². The minimum Gasteiger partial charge on any atom is -0.363 e. The Morgan fingerprint density at radius 2 is 2.05 bits per heavy atom. The van der Waals surface area contributed by atoms with Crippen molar-refractivity contribution < 1.29 is 8.42 Å². The summed E-state index contributed by atoms with van der Waals surface area (Å²) in [5.41, 5.74) is 6.32. The average molecular weight is 313 g/mol. The molecule has 2 rings (SSSR count). The number of hydrogen-bond donors (Lipinski definition) is 2. The van der Waals surface area contributed by atoms with Crippen molar-refractivity contribution in [2.24, 2.45) is 11.7 Å². The summed E-state index contributed by atoms with van der Waals surface area (Å²) < 4.78 is 27.6. The number of nitrogens with two attached hydrogens (primary N) is 1. The molecule has 0 aromatic carbocycles. The Kier molecular flexibility index (Phi) is 5.46. The summed E-state index contributed by atoms with van der Waals surface area (Å²) in [6.45, 7) is 5.18. The van der Waals surface area contributed by atoms with Crippen molar-refractivity contribution in [2.75, 3.05) is 6.54 Å². The highest BCUT2D eigenvalue weighted by Crippen LogP contribution is 2.29. The molecule has 21 heavy (non-hydrogen) atoms. The standard InChI is InChI=1S/C15H27N3O2S/c1-12(2)7-8-18(14-5-3-4-6-14)21(19,20)15-9-13(10-16)17-11-15/h9,11-12,14,17H,3-8,10,16H2,1-2H3. The van der Waals surface area contributed by atoms with Crippen LogP contribution in [0.2, 0.25) is 0 Å². The van der Waals surface area contributed by atoms with E-state index in [-0.39, 0.29) is 6.04 Å². The van der Waals surface area contributed by atoms with Gasteiger partial charge in [0, 0.05) is 31.0 Å². The predicted molar refractivity (Wildman–Crippen MR) is 84.3 cm³/mol. The van der Waals surface area contributed by atoms with Gasteiger partial charge in [0.1, 0.15) is 0 Å². The fraction of sp³-hybridized carbons (Fsp3) is 0.733. The van der Waals surface area contributed by atoms with Crippen LogP contribution in [0.1, 0.15) is 51.6 Å². The van der Waals surface area contributed by atoms with Crippen molar-refractivity contribution in [1.29, 1.82) is 0 Å². The summed E-state index contributed by atoms with van der Waals surface area (Å²) in [4.78, 5) is 3.29. The molecule has 0 spiro atoms. The second-order valence-corrected chi connectivity index (χ2v) is 8.19. The Labute approximate surface area is 128 Å². The van der Waals surface area contributed by atoms with Gasteiger partial charge in [0.2, 0.25) is 10.0 Å². The number of aromatic amines is 1. The molecule has 5 nitrogen and oxygen atoms in total. The van der Waals surface area contributed by atoms with Crippen molar-refractivity contribution >= 4 is 10.0 Å². The van der Waals surface area contributed by atoms with Gasteiger partial charge in [-0.05, 0) is 31.2 Å². The zero-order valence-electron chi connectivity index (χ0n) is 13.0. The van der Waals surface area contributed by atoms with Crippen molar-refractivity contribution in [3.05, 3.63) is 18.0 Å². The first kappa shape index (κ1) is 16.5. The van der Waals surface area contributed by atoms with Gasteiger partial charge >= 0.3 is 0 Å². The normalized spacial score (nSPS) is 17.2. The summed E-state index contributed by atoms with van der Waals surface area (Å²) in [5.74, 6) is 0.495. The van der Waals surface area contributed by atoms with E-state index in [1.165, 1.54) is 0 Å². The van der Waals surface area contributed by atoms with Gasteiger partial charge in [-0.25, -0.2) is 8.42 Å². The average Bonchev–Trinajstić information content (AvgIpc) is 3.09. The second-order valence-electron chi connectivity index (χ2n) is 6.30. The van der Waals surface area contributed by atoms with Gasteiger partial charge in [-0.1, -0.05) is 26.7 Å². The number of rotatable bonds is 7. The van der Waals surface area contributed by atoms with Gasteiger partial charge in [0.25, 0.3) is 0 Å². The molecule has 3 N–H and O–H groups in total. The summed E-state index contributed by atoms with van der Waals surface area (Å²) in [6.07, 6.45) is 6.66. The molecule has 1 aliphatic carbocycles. The molecule has 1 heterocycles. The molecule has 1 aliphatic rings. The van der Waals surface area contributed by atoms with Crippen molar-refractivity contribution in [3.63, 3.8) is 0 Å². The van der Waals surface area contributed by atoms with E-state index in [1.54, 1.807) is 16.6 Å². The lowest BCUT2D eigenvalue weighted by Gasteiger charge is -2.28. The van der Waals surface area contributed by atoms with Crippen LogP contribution < -0.4 is 5.73 Å². The quantitative estimate of drug-likeness (QED) is 0.811. The summed E-state index contributed by atoms with van der Waals surface area (Å²) in [6, 6.07) is 1.82. The highest BCUT2D eigenvalue weighted by Gasteiger charge is 2.33. The van der Waals surface area contributed by atoms with Crippen LogP contribution in [0, 0.1) is 5.92 Å². The summed E-state index contributed by atoms with van der Waals surface area (Å²) in [5, 5.41) is 0. The Morgan fingerprint density at radius 3 is 2.57 bits per heavy atom. The molecule has 120 valence electrons. The van der Waals surface area contributed by atoms with Gasteiger partial charge in [0.15, 0.2) is 0 Å². The van der Waals surface area contributed by atoms with Gasteiger partial charge in [0.05, 0.1) is 4.90 Å². The van der Waals surface area contributed by atoms with Crippen LogP contribution >= 0.6 is 0 Å². The molecule has 1 aromatic heterocycles. The molecule has 1 fully saturated rings. The van der Waals surface area contributed by atoms with Crippen LogP contribution in [-0.2, 0) is 16.6 Å². The Morgan fingerprint density at radius 1 is 1.38 bits per heavy atom. The molecule has 1 saturated carbocycles. The lowest BCUT2D eigenvalue weighted by molar-refractivity contribution is 0.304. The van der Waals surface area contributed by atoms with Gasteiger partial charge < -0.3 is 10.7 Å². The highest BCUT2D eigenvalue weighted by molar-refractivity contribution is 7.89. The van der Waals surface area contributed by atoms with Gasteiger partial charge in [-0.3, -0.25) is 0 Å². The largest absolute Gasteiger partial charge is 0.363 e. The Hall–Kier alpha value is -0.850. The van der Waals surface area contributed by atoms with Gasteiger partial charge in [-0.2, -0.15) is 4.31 Å². The number of nitrogens with one attached hydrogen (secondary N) is 1. The number of aromatic nitrogens is 1. The zero-order valence-corrected chi connectivity index (χ0v) is 13.8. The summed E-state index contributed by atoms with van der Waals surface area (Å²) in [7, 11) is -3.42. The van der Waals surface area contributed by atoms with E-state index in [2.05, 4.69) is 18.8 Å². The molecule has 0 saturated heterocycles. The second kappa shape index (κ2) is 6.94. The highest BCUT2D eigenvalue weighted by atomic mass is 32.2. The monoisotopic (exact) mass is 313 g/mol. The van der Waals surface area contributed by atoms with E-state index in [4.69, 9.17) is 5.73 Å². The first-order valence-electron chi connectivity index (χ1n) is 7.84. The maximum Gasteiger partial charge on any atom is 0.244 e. The van der Waals surface area contributed by atoms with Crippen LogP contribution in [-0.4, -0.2) is 30.3 Å². The van der Waals surface area contributed by atoms with Crippen LogP contribution in [0.3, 0.4) is 0 Å². The first-order valence-corrected chi connectivity index (χ1v) is 9.28. The Bertz CT molecular complexity index is 545. The number of hydrogen-bond acceptors (Lipinski definition) is 3. The molecule has 6 heteroatoms. The maximum atomic E-state index is 12.9. The molecule has 0 unspecified atom stereocenters. The molecule has 0 atom stereocenters. The minimum absolute atomic E-state index is 0.157. The lowest BCUT2D eigenvalue weighted by Crippen LogP contribution is -2.39. The molecule has 0 amide bonds. The molecule has 0 radical (unpaired) electrons. The number of nitrogens with zero attached hydrogens (tertiary/aromatic N) is 1. The van der Waals surface area contributed by atoms with Crippen molar-refractivity contribution in [2.45, 2.75) is 63.4 Å². The smallest absolute Gasteiger partial charge is 0.244 e. The van der Waals surface area contributed by atoms with E-state index in [9.17, 15) is 8.42 Å². The third-order valence-electron chi connectivity index (χ3n) is 4.20. The number of H-pyrrole nitrogens is 1. The minimum atomic E-state index is -3.42. The molecular weight excluding hydrogens is 286 g/mol. The SMILES string of the molecule is CC(C)CCN(C1CCCC1)S(=O)(=O)c1c[nH]c(CN)c1. The third-order valence-corrected chi connectivity index (χ3v) is 6.13. The fourth-order valence-corrected chi connectivity index (χ4v) is 4.62. The van der Waals surface area contributed by atoms with Crippen LogP contribution in [0.4, 0.5) is 0 Å². The predicted octanol–water partition coefficient (Wildman–Crippen LogP) is 2.45. The Balaban J connectivity index is 2.24. The first-order chi connectivity index (χ1) is 9.95. The van der Waals surface area contributed by atoms with E-state index < -0.39 is 10.0 Å². The maximum absolute atomic E-state index is 12.9. The van der Waals surface area contributed by atoms with Crippen LogP contribution in [0.5, 0.6) is 0 Å². The molecule has 0 aliphatic heterocycles. The van der Waals surface area contributed by atoms with Crippen molar-refractivity contribution in [3.8, 4) is 0 Å². The summed E-state index contributed by atoms with van der Waals surface area (Å²) >= 11 is 0. The third kappa shape index (κ3) is 3.87. The van der Waals surface area contributed by atoms with E-state index in [0.29, 0.717) is 23.9 Å². The fourth-order valence-electron chi connectivity index (χ4n) is 2.90. The van der Waals surface area contributed by atoms with Gasteiger partial charge in [-0.15, -0.1) is 0 Å². The van der Waals surface area contributed by atoms with Crippen LogP contribution in [0.25, 0.3) is 0 Å². The van der Waals surface area contributed by atoms with Crippen molar-refractivity contribution in [1.82, 2.24) is 9.29 Å². The number of sulfonamides is 1. The zero-order chi connectivity index (χ0) is 15.5. The van der Waals surface area contributed by atoms with Crippen LogP contribution in [0.15, 0.2) is 17.2 Å². The van der Waals surface area contributed by atoms with E-state index in [0.717, 1.165) is 37.8 Å². The topological polar surface area (TPSA) is 79.2 Å². The molecular formula is C15H27N3O2S.